The normalized spacial score (nSPS) is 13.2. The van der Waals surface area contributed by atoms with Crippen molar-refractivity contribution in [1.82, 2.24) is 9.55 Å². The predicted octanol–water partition coefficient (Wildman–Crippen LogP) is 3.15. The summed E-state index contributed by atoms with van der Waals surface area (Å²) in [5.41, 5.74) is -0.264. The van der Waals surface area contributed by atoms with Crippen molar-refractivity contribution in [3.63, 3.8) is 0 Å². The third-order valence-electron chi connectivity index (χ3n) is 3.72. The quantitative estimate of drug-likeness (QED) is 0.800. The fourth-order valence-electron chi connectivity index (χ4n) is 2.42. The first-order valence-electron chi connectivity index (χ1n) is 7.15. The van der Waals surface area contributed by atoms with Crippen LogP contribution in [0.2, 0.25) is 0 Å². The standard InChI is InChI=1S/C17H13F3N2O2/c18-17(19,20)12-7-5-11(6-8-12)15(23)9-22-10-21-14-4-2-1-3-13(14)16(22)24/h1-8,10,15,23H,9H2/t15-/m1/s1. The largest absolute Gasteiger partial charge is 0.416 e. The Balaban J connectivity index is 1.86. The maximum Gasteiger partial charge on any atom is 0.416 e. The summed E-state index contributed by atoms with van der Waals surface area (Å²) in [5, 5.41) is 10.6. The van der Waals surface area contributed by atoms with Gasteiger partial charge in [-0.2, -0.15) is 13.2 Å². The number of benzene rings is 2. The first kappa shape index (κ1) is 16.2. The molecule has 4 nitrogen and oxygen atoms in total. The zero-order valence-electron chi connectivity index (χ0n) is 12.4. The van der Waals surface area contributed by atoms with Crippen molar-refractivity contribution in [2.24, 2.45) is 0 Å². The van der Waals surface area contributed by atoms with Crippen LogP contribution in [0, 0.1) is 0 Å². The van der Waals surface area contributed by atoms with Gasteiger partial charge in [-0.25, -0.2) is 4.98 Å². The van der Waals surface area contributed by atoms with Crippen LogP contribution < -0.4 is 5.56 Å². The lowest BCUT2D eigenvalue weighted by Gasteiger charge is -2.14. The van der Waals surface area contributed by atoms with Crippen LogP contribution in [0.15, 0.2) is 59.7 Å². The Morgan fingerprint density at radius 2 is 1.75 bits per heavy atom. The Morgan fingerprint density at radius 3 is 2.42 bits per heavy atom. The molecule has 2 aromatic carbocycles. The van der Waals surface area contributed by atoms with Crippen LogP contribution in [0.25, 0.3) is 10.9 Å². The van der Waals surface area contributed by atoms with Crippen LogP contribution in [0.1, 0.15) is 17.2 Å². The molecule has 0 aliphatic heterocycles. The SMILES string of the molecule is O=c1c2ccccc2ncn1C[C@@H](O)c1ccc(C(F)(F)F)cc1. The zero-order chi connectivity index (χ0) is 17.3. The fraction of sp³-hybridized carbons (Fsp3) is 0.176. The van der Waals surface area contributed by atoms with Crippen LogP contribution in [-0.2, 0) is 12.7 Å². The van der Waals surface area contributed by atoms with Crippen LogP contribution >= 0.6 is 0 Å². The van der Waals surface area contributed by atoms with E-state index in [4.69, 9.17) is 0 Å². The zero-order valence-corrected chi connectivity index (χ0v) is 12.4. The van der Waals surface area contributed by atoms with Gasteiger partial charge in [0.2, 0.25) is 0 Å². The van der Waals surface area contributed by atoms with E-state index in [9.17, 15) is 23.1 Å². The van der Waals surface area contributed by atoms with Gasteiger partial charge in [0.05, 0.1) is 35.4 Å². The summed E-state index contributed by atoms with van der Waals surface area (Å²) in [5.74, 6) is 0. The molecule has 124 valence electrons. The Morgan fingerprint density at radius 1 is 1.08 bits per heavy atom. The van der Waals surface area contributed by atoms with E-state index in [0.717, 1.165) is 12.1 Å². The Bertz CT molecular complexity index is 918. The van der Waals surface area contributed by atoms with E-state index in [1.54, 1.807) is 24.3 Å². The molecule has 0 spiro atoms. The average molecular weight is 334 g/mol. The van der Waals surface area contributed by atoms with E-state index in [1.165, 1.54) is 23.0 Å². The van der Waals surface area contributed by atoms with Crippen molar-refractivity contribution in [3.8, 4) is 0 Å². The molecule has 0 fully saturated rings. The number of hydrogen-bond acceptors (Lipinski definition) is 3. The molecule has 24 heavy (non-hydrogen) atoms. The molecule has 0 saturated heterocycles. The molecule has 0 aliphatic rings. The molecule has 1 N–H and O–H groups in total. The van der Waals surface area contributed by atoms with Crippen LogP contribution in [0.5, 0.6) is 0 Å². The molecule has 0 radical (unpaired) electrons. The van der Waals surface area contributed by atoms with Crippen LogP contribution in [0.3, 0.4) is 0 Å². The number of fused-ring (bicyclic) bond motifs is 1. The molecule has 3 rings (SSSR count). The van der Waals surface area contributed by atoms with Gasteiger partial charge in [0, 0.05) is 0 Å². The lowest BCUT2D eigenvalue weighted by molar-refractivity contribution is -0.137. The summed E-state index contributed by atoms with van der Waals surface area (Å²) in [4.78, 5) is 16.5. The van der Waals surface area contributed by atoms with Crippen molar-refractivity contribution in [2.75, 3.05) is 0 Å². The van der Waals surface area contributed by atoms with Crippen molar-refractivity contribution in [2.45, 2.75) is 18.8 Å². The Hall–Kier alpha value is -2.67. The van der Waals surface area contributed by atoms with Crippen molar-refractivity contribution in [3.05, 3.63) is 76.3 Å². The number of nitrogens with zero attached hydrogens (tertiary/aromatic N) is 2. The summed E-state index contributed by atoms with van der Waals surface area (Å²) in [6.07, 6.45) is -4.23. The first-order chi connectivity index (χ1) is 11.4. The van der Waals surface area contributed by atoms with Gasteiger partial charge < -0.3 is 5.11 Å². The molecule has 3 aromatic rings. The van der Waals surface area contributed by atoms with Gasteiger partial charge in [0.1, 0.15) is 0 Å². The molecule has 1 atom stereocenters. The lowest BCUT2D eigenvalue weighted by Crippen LogP contribution is -2.23. The molecule has 0 saturated carbocycles. The summed E-state index contributed by atoms with van der Waals surface area (Å²) >= 11 is 0. The number of para-hydroxylation sites is 1. The van der Waals surface area contributed by atoms with Gasteiger partial charge in [-0.1, -0.05) is 24.3 Å². The monoisotopic (exact) mass is 334 g/mol. The van der Waals surface area contributed by atoms with Gasteiger partial charge >= 0.3 is 6.18 Å². The molecule has 7 heteroatoms. The molecule has 0 unspecified atom stereocenters. The summed E-state index contributed by atoms with van der Waals surface area (Å²) in [6, 6.07) is 11.0. The van der Waals surface area contributed by atoms with E-state index in [-0.39, 0.29) is 12.1 Å². The van der Waals surface area contributed by atoms with Gasteiger partial charge in [0.15, 0.2) is 0 Å². The first-order valence-corrected chi connectivity index (χ1v) is 7.15. The topological polar surface area (TPSA) is 55.1 Å². The van der Waals surface area contributed by atoms with Crippen molar-refractivity contribution >= 4 is 10.9 Å². The lowest BCUT2D eigenvalue weighted by atomic mass is 10.1. The highest BCUT2D eigenvalue weighted by molar-refractivity contribution is 5.76. The van der Waals surface area contributed by atoms with Crippen LogP contribution in [0.4, 0.5) is 13.2 Å². The maximum absolute atomic E-state index is 12.6. The predicted molar refractivity (Wildman–Crippen MR) is 82.4 cm³/mol. The second kappa shape index (κ2) is 6.09. The number of rotatable bonds is 3. The highest BCUT2D eigenvalue weighted by Gasteiger charge is 2.30. The van der Waals surface area contributed by atoms with Gasteiger partial charge in [-0.05, 0) is 29.8 Å². The van der Waals surface area contributed by atoms with Crippen molar-refractivity contribution in [1.29, 1.82) is 0 Å². The summed E-state index contributed by atoms with van der Waals surface area (Å²) in [7, 11) is 0. The molecule has 0 amide bonds. The minimum Gasteiger partial charge on any atom is -0.387 e. The number of aliphatic hydroxyl groups is 1. The third kappa shape index (κ3) is 3.16. The molecule has 0 aliphatic carbocycles. The van der Waals surface area contributed by atoms with Crippen molar-refractivity contribution < 1.29 is 18.3 Å². The second-order valence-electron chi connectivity index (χ2n) is 5.35. The maximum atomic E-state index is 12.6. The van der Waals surface area contributed by atoms with Gasteiger partial charge in [-0.15, -0.1) is 0 Å². The number of halogens is 3. The Labute approximate surface area is 134 Å². The number of aliphatic hydroxyl groups excluding tert-OH is 1. The van der Waals surface area contributed by atoms with E-state index >= 15 is 0 Å². The highest BCUT2D eigenvalue weighted by Crippen LogP contribution is 2.30. The van der Waals surface area contributed by atoms with Gasteiger partial charge in [-0.3, -0.25) is 9.36 Å². The smallest absolute Gasteiger partial charge is 0.387 e. The Kier molecular flexibility index (Phi) is 4.11. The van der Waals surface area contributed by atoms with E-state index in [0.29, 0.717) is 16.5 Å². The molecule has 1 aromatic heterocycles. The fourth-order valence-corrected chi connectivity index (χ4v) is 2.42. The minimum atomic E-state index is -4.43. The average Bonchev–Trinajstić information content (AvgIpc) is 2.57. The molecular weight excluding hydrogens is 321 g/mol. The summed E-state index contributed by atoms with van der Waals surface area (Å²) in [6.45, 7) is -0.0952. The van der Waals surface area contributed by atoms with E-state index in [2.05, 4.69) is 4.98 Å². The van der Waals surface area contributed by atoms with E-state index < -0.39 is 17.8 Å². The number of hydrogen-bond donors (Lipinski definition) is 1. The molecular formula is C17H13F3N2O2. The second-order valence-corrected chi connectivity index (χ2v) is 5.35. The van der Waals surface area contributed by atoms with E-state index in [1.807, 2.05) is 0 Å². The molecule has 0 bridgehead atoms. The minimum absolute atomic E-state index is 0.0952. The van der Waals surface area contributed by atoms with Gasteiger partial charge in [0.25, 0.3) is 5.56 Å². The third-order valence-corrected chi connectivity index (χ3v) is 3.72. The molecule has 1 heterocycles. The summed E-state index contributed by atoms with van der Waals surface area (Å²) < 4.78 is 38.9. The highest BCUT2D eigenvalue weighted by atomic mass is 19.4. The van der Waals surface area contributed by atoms with Crippen LogP contribution in [-0.4, -0.2) is 14.7 Å². The number of alkyl halides is 3. The number of aromatic nitrogens is 2.